The molecule has 0 aromatic heterocycles. The first-order valence-corrected chi connectivity index (χ1v) is 9.12. The van der Waals surface area contributed by atoms with Crippen molar-refractivity contribution in [1.82, 2.24) is 4.72 Å². The number of rotatable bonds is 8. The Morgan fingerprint density at radius 2 is 1.90 bits per heavy atom. The van der Waals surface area contributed by atoms with Gasteiger partial charge < -0.3 is 0 Å². The zero-order valence-electron chi connectivity index (χ0n) is 11.7. The maximum absolute atomic E-state index is 12.1. The van der Waals surface area contributed by atoms with E-state index in [0.29, 0.717) is 6.42 Å². The third-order valence-electron chi connectivity index (χ3n) is 2.81. The van der Waals surface area contributed by atoms with Crippen LogP contribution in [0.2, 0.25) is 0 Å². The van der Waals surface area contributed by atoms with Gasteiger partial charge in [0, 0.05) is 24.2 Å². The van der Waals surface area contributed by atoms with Gasteiger partial charge in [0.2, 0.25) is 10.0 Å². The summed E-state index contributed by atoms with van der Waals surface area (Å²) in [6, 6.07) is 6.23. The fourth-order valence-corrected chi connectivity index (χ4v) is 3.32. The van der Waals surface area contributed by atoms with Crippen LogP contribution in [-0.4, -0.2) is 25.6 Å². The van der Waals surface area contributed by atoms with Gasteiger partial charge in [-0.1, -0.05) is 33.6 Å². The number of Topliss-reactive ketones (excluding diaryl/α,β-unsaturated/α-hetero) is 1. The molecule has 0 saturated carbocycles. The first-order valence-electron chi connectivity index (χ1n) is 6.52. The molecule has 112 valence electrons. The Morgan fingerprint density at radius 1 is 1.30 bits per heavy atom. The molecule has 1 rings (SSSR count). The van der Waals surface area contributed by atoms with Crippen molar-refractivity contribution in [3.05, 3.63) is 29.8 Å². The van der Waals surface area contributed by atoms with Crippen molar-refractivity contribution in [3.63, 3.8) is 0 Å². The van der Waals surface area contributed by atoms with E-state index in [9.17, 15) is 13.2 Å². The smallest absolute Gasteiger partial charge is 0.240 e. The van der Waals surface area contributed by atoms with E-state index in [2.05, 4.69) is 20.7 Å². The molecule has 0 aliphatic rings. The highest BCUT2D eigenvalue weighted by Gasteiger charge is 2.18. The Morgan fingerprint density at radius 3 is 2.45 bits per heavy atom. The van der Waals surface area contributed by atoms with Crippen molar-refractivity contribution in [2.24, 2.45) is 0 Å². The summed E-state index contributed by atoms with van der Waals surface area (Å²) in [7, 11) is -3.55. The van der Waals surface area contributed by atoms with E-state index in [1.54, 1.807) is 31.2 Å². The lowest BCUT2D eigenvalue weighted by Gasteiger charge is -2.13. The molecule has 0 aliphatic heterocycles. The molecule has 1 atom stereocenters. The van der Waals surface area contributed by atoms with Gasteiger partial charge in [0.1, 0.15) is 5.78 Å². The molecule has 0 radical (unpaired) electrons. The summed E-state index contributed by atoms with van der Waals surface area (Å²) in [5.74, 6) is 0.0727. The summed E-state index contributed by atoms with van der Waals surface area (Å²) in [5, 5.41) is 0.780. The van der Waals surface area contributed by atoms with Gasteiger partial charge in [-0.15, -0.1) is 0 Å². The van der Waals surface area contributed by atoms with Crippen LogP contribution in [0.4, 0.5) is 0 Å². The fourth-order valence-electron chi connectivity index (χ4n) is 1.80. The van der Waals surface area contributed by atoms with Crippen LogP contribution >= 0.6 is 15.9 Å². The molecular formula is C14H20BrNO3S. The molecular weight excluding hydrogens is 342 g/mol. The third kappa shape index (κ3) is 5.73. The molecule has 0 fully saturated rings. The zero-order chi connectivity index (χ0) is 15.2. The Balaban J connectivity index is 2.62. The average Bonchev–Trinajstić information content (AvgIpc) is 2.36. The Kier molecular flexibility index (Phi) is 6.85. The molecule has 20 heavy (non-hydrogen) atoms. The Labute approximate surface area is 129 Å². The Hall–Kier alpha value is -0.720. The predicted octanol–water partition coefficient (Wildman–Crippen LogP) is 2.80. The second kappa shape index (κ2) is 7.90. The van der Waals surface area contributed by atoms with Gasteiger partial charge in [0.05, 0.1) is 4.90 Å². The highest BCUT2D eigenvalue weighted by atomic mass is 79.9. The number of carbonyl (C=O) groups is 1. The first-order chi connectivity index (χ1) is 9.35. The summed E-state index contributed by atoms with van der Waals surface area (Å²) in [4.78, 5) is 11.8. The van der Waals surface area contributed by atoms with Gasteiger partial charge in [-0.05, 0) is 32.4 Å². The summed E-state index contributed by atoms with van der Waals surface area (Å²) >= 11 is 3.27. The standard InChI is InChI=1S/C14H20BrNO3S/c1-11-5-7-14(8-6-11)20(18,19)16-12(2)10-13(17)4-3-9-15/h5-8,12,16H,3-4,9-10H2,1-2H3. The summed E-state index contributed by atoms with van der Waals surface area (Å²) in [5.41, 5.74) is 1.00. The molecule has 1 unspecified atom stereocenters. The van der Waals surface area contributed by atoms with E-state index in [-0.39, 0.29) is 17.1 Å². The first kappa shape index (κ1) is 17.3. The van der Waals surface area contributed by atoms with Gasteiger partial charge >= 0.3 is 0 Å². The number of ketones is 1. The number of sulfonamides is 1. The van der Waals surface area contributed by atoms with E-state index in [0.717, 1.165) is 17.3 Å². The minimum Gasteiger partial charge on any atom is -0.300 e. The number of carbonyl (C=O) groups excluding carboxylic acids is 1. The molecule has 6 heteroatoms. The molecule has 0 aliphatic carbocycles. The van der Waals surface area contributed by atoms with E-state index in [1.165, 1.54) is 0 Å². The minimum atomic E-state index is -3.55. The number of hydrogen-bond acceptors (Lipinski definition) is 3. The average molecular weight is 362 g/mol. The molecule has 4 nitrogen and oxygen atoms in total. The van der Waals surface area contributed by atoms with E-state index in [4.69, 9.17) is 0 Å². The van der Waals surface area contributed by atoms with Crippen molar-refractivity contribution in [1.29, 1.82) is 0 Å². The highest BCUT2D eigenvalue weighted by Crippen LogP contribution is 2.11. The fraction of sp³-hybridized carbons (Fsp3) is 0.500. The lowest BCUT2D eigenvalue weighted by Crippen LogP contribution is -2.34. The maximum atomic E-state index is 12.1. The molecule has 1 N–H and O–H groups in total. The van der Waals surface area contributed by atoms with Gasteiger partial charge in [0.25, 0.3) is 0 Å². The molecule has 0 amide bonds. The monoisotopic (exact) mass is 361 g/mol. The largest absolute Gasteiger partial charge is 0.300 e. The normalized spacial score (nSPS) is 13.2. The zero-order valence-corrected chi connectivity index (χ0v) is 14.1. The van der Waals surface area contributed by atoms with Crippen LogP contribution in [0.5, 0.6) is 0 Å². The Bertz CT molecular complexity index is 540. The van der Waals surface area contributed by atoms with Gasteiger partial charge in [-0.25, -0.2) is 13.1 Å². The third-order valence-corrected chi connectivity index (χ3v) is 4.98. The van der Waals surface area contributed by atoms with Crippen LogP contribution in [0.3, 0.4) is 0 Å². The summed E-state index contributed by atoms with van der Waals surface area (Å²) in [6.07, 6.45) is 1.47. The van der Waals surface area contributed by atoms with Crippen LogP contribution < -0.4 is 4.72 Å². The van der Waals surface area contributed by atoms with E-state index in [1.807, 2.05) is 6.92 Å². The van der Waals surface area contributed by atoms with Gasteiger partial charge in [-0.3, -0.25) is 4.79 Å². The number of alkyl halides is 1. The van der Waals surface area contributed by atoms with E-state index >= 15 is 0 Å². The number of aryl methyl sites for hydroxylation is 1. The second-order valence-corrected chi connectivity index (χ2v) is 7.38. The second-order valence-electron chi connectivity index (χ2n) is 4.87. The number of halogens is 1. The van der Waals surface area contributed by atoms with Crippen molar-refractivity contribution in [3.8, 4) is 0 Å². The van der Waals surface area contributed by atoms with E-state index < -0.39 is 16.1 Å². The molecule has 0 saturated heterocycles. The van der Waals surface area contributed by atoms with Crippen molar-refractivity contribution >= 4 is 31.7 Å². The molecule has 1 aromatic carbocycles. The SMILES string of the molecule is Cc1ccc(S(=O)(=O)NC(C)CC(=O)CCCBr)cc1. The van der Waals surface area contributed by atoms with Crippen LogP contribution in [0.15, 0.2) is 29.2 Å². The minimum absolute atomic E-state index is 0.0727. The number of hydrogen-bond donors (Lipinski definition) is 1. The number of nitrogens with one attached hydrogen (secondary N) is 1. The van der Waals surface area contributed by atoms with Crippen LogP contribution in [-0.2, 0) is 14.8 Å². The van der Waals surface area contributed by atoms with Crippen LogP contribution in [0.1, 0.15) is 31.7 Å². The number of benzene rings is 1. The topological polar surface area (TPSA) is 63.2 Å². The molecule has 0 bridgehead atoms. The maximum Gasteiger partial charge on any atom is 0.240 e. The predicted molar refractivity (Wildman–Crippen MR) is 83.6 cm³/mol. The van der Waals surface area contributed by atoms with Crippen molar-refractivity contribution < 1.29 is 13.2 Å². The molecule has 0 spiro atoms. The van der Waals surface area contributed by atoms with Crippen LogP contribution in [0, 0.1) is 6.92 Å². The lowest BCUT2D eigenvalue weighted by molar-refractivity contribution is -0.119. The lowest BCUT2D eigenvalue weighted by atomic mass is 10.1. The van der Waals surface area contributed by atoms with Gasteiger partial charge in [0.15, 0.2) is 0 Å². The molecule has 0 heterocycles. The van der Waals surface area contributed by atoms with Gasteiger partial charge in [-0.2, -0.15) is 0 Å². The van der Waals surface area contributed by atoms with Crippen molar-refractivity contribution in [2.45, 2.75) is 44.0 Å². The summed E-state index contributed by atoms with van der Waals surface area (Å²) < 4.78 is 26.8. The highest BCUT2D eigenvalue weighted by molar-refractivity contribution is 9.09. The quantitative estimate of drug-likeness (QED) is 0.724. The molecule has 1 aromatic rings. The van der Waals surface area contributed by atoms with Crippen LogP contribution in [0.25, 0.3) is 0 Å². The summed E-state index contributed by atoms with van der Waals surface area (Å²) in [6.45, 7) is 3.60. The van der Waals surface area contributed by atoms with Crippen molar-refractivity contribution in [2.75, 3.05) is 5.33 Å².